The van der Waals surface area contributed by atoms with E-state index in [1.54, 1.807) is 0 Å². The number of rotatable bonds is 9. The summed E-state index contributed by atoms with van der Waals surface area (Å²) in [5.74, 6) is 0. The molecule has 13 heavy (non-hydrogen) atoms. The zero-order valence-corrected chi connectivity index (χ0v) is 8.97. The van der Waals surface area contributed by atoms with Gasteiger partial charge in [0.15, 0.2) is 0 Å². The molecule has 0 atom stereocenters. The molecule has 0 fully saturated rings. The fourth-order valence-electron chi connectivity index (χ4n) is 1.30. The molecular weight excluding hydrogens is 160 g/mol. The molecular formula is C12H24O. The van der Waals surface area contributed by atoms with Gasteiger partial charge in [0.2, 0.25) is 0 Å². The van der Waals surface area contributed by atoms with Gasteiger partial charge in [-0.05, 0) is 32.1 Å². The van der Waals surface area contributed by atoms with Gasteiger partial charge in [-0.3, -0.25) is 0 Å². The van der Waals surface area contributed by atoms with E-state index >= 15 is 0 Å². The molecule has 0 bridgehead atoms. The molecule has 0 saturated carbocycles. The lowest BCUT2D eigenvalue weighted by atomic mass is 10.1. The van der Waals surface area contributed by atoms with Gasteiger partial charge in [-0.2, -0.15) is 0 Å². The Kier molecular flexibility index (Phi) is 11.4. The zero-order valence-electron chi connectivity index (χ0n) is 8.97. The maximum absolute atomic E-state index is 8.55. The number of allylic oxidation sites excluding steroid dienone is 2. The van der Waals surface area contributed by atoms with Crippen LogP contribution in [0.4, 0.5) is 0 Å². The van der Waals surface area contributed by atoms with Crippen LogP contribution in [0.1, 0.15) is 58.3 Å². The van der Waals surface area contributed by atoms with Crippen LogP contribution >= 0.6 is 0 Å². The fraction of sp³-hybridized carbons (Fsp3) is 0.833. The van der Waals surface area contributed by atoms with Crippen molar-refractivity contribution in [3.8, 4) is 0 Å². The van der Waals surface area contributed by atoms with Crippen LogP contribution < -0.4 is 0 Å². The summed E-state index contributed by atoms with van der Waals surface area (Å²) in [6.45, 7) is 2.58. The smallest absolute Gasteiger partial charge is 0.0431 e. The fourth-order valence-corrected chi connectivity index (χ4v) is 1.30. The van der Waals surface area contributed by atoms with Crippen molar-refractivity contribution in [3.05, 3.63) is 12.2 Å². The molecule has 0 heterocycles. The van der Waals surface area contributed by atoms with Gasteiger partial charge in [0, 0.05) is 6.61 Å². The van der Waals surface area contributed by atoms with Crippen molar-refractivity contribution < 1.29 is 5.11 Å². The van der Waals surface area contributed by atoms with E-state index in [1.807, 2.05) is 0 Å². The second-order valence-electron chi connectivity index (χ2n) is 3.54. The molecule has 1 nitrogen and oxygen atoms in total. The Bertz CT molecular complexity index is 108. The first-order chi connectivity index (χ1) is 6.41. The van der Waals surface area contributed by atoms with Crippen LogP contribution in [0, 0.1) is 0 Å². The van der Waals surface area contributed by atoms with Crippen LogP contribution in [-0.2, 0) is 0 Å². The van der Waals surface area contributed by atoms with Crippen molar-refractivity contribution in [2.75, 3.05) is 6.61 Å². The molecule has 1 heteroatoms. The summed E-state index contributed by atoms with van der Waals surface area (Å²) in [6.07, 6.45) is 14.4. The standard InChI is InChI=1S/C12H24O/c1-2-3-4-5-6-7-8-9-10-11-12-13/h6-7,13H,2-5,8-12H2,1H3. The van der Waals surface area contributed by atoms with E-state index in [-0.39, 0.29) is 0 Å². The Morgan fingerprint density at radius 1 is 0.846 bits per heavy atom. The number of aliphatic hydroxyl groups is 1. The summed E-state index contributed by atoms with van der Waals surface area (Å²) in [6, 6.07) is 0. The molecule has 0 aliphatic carbocycles. The lowest BCUT2D eigenvalue weighted by molar-refractivity contribution is 0.283. The molecule has 0 aromatic rings. The van der Waals surface area contributed by atoms with Crippen LogP contribution in [0.25, 0.3) is 0 Å². The maximum atomic E-state index is 8.55. The highest BCUT2D eigenvalue weighted by atomic mass is 16.2. The third-order valence-electron chi connectivity index (χ3n) is 2.17. The van der Waals surface area contributed by atoms with Gasteiger partial charge < -0.3 is 5.11 Å². The van der Waals surface area contributed by atoms with Gasteiger partial charge in [-0.1, -0.05) is 38.3 Å². The topological polar surface area (TPSA) is 20.2 Å². The molecule has 0 radical (unpaired) electrons. The van der Waals surface area contributed by atoms with Gasteiger partial charge in [-0.15, -0.1) is 0 Å². The summed E-state index contributed by atoms with van der Waals surface area (Å²) in [7, 11) is 0. The number of aliphatic hydroxyl groups excluding tert-OH is 1. The number of hydrogen-bond acceptors (Lipinski definition) is 1. The van der Waals surface area contributed by atoms with E-state index < -0.39 is 0 Å². The van der Waals surface area contributed by atoms with Gasteiger partial charge in [0.1, 0.15) is 0 Å². The summed E-state index contributed by atoms with van der Waals surface area (Å²) in [4.78, 5) is 0. The van der Waals surface area contributed by atoms with Gasteiger partial charge >= 0.3 is 0 Å². The number of hydrogen-bond donors (Lipinski definition) is 1. The predicted molar refractivity (Wildman–Crippen MR) is 58.8 cm³/mol. The van der Waals surface area contributed by atoms with Crippen molar-refractivity contribution >= 4 is 0 Å². The van der Waals surface area contributed by atoms with Gasteiger partial charge in [-0.25, -0.2) is 0 Å². The molecule has 0 amide bonds. The minimum absolute atomic E-state index is 0.347. The van der Waals surface area contributed by atoms with Crippen molar-refractivity contribution in [2.45, 2.75) is 58.3 Å². The Balaban J connectivity index is 2.95. The molecule has 0 aromatic heterocycles. The van der Waals surface area contributed by atoms with E-state index in [4.69, 9.17) is 5.11 Å². The molecule has 1 N–H and O–H groups in total. The first-order valence-electron chi connectivity index (χ1n) is 5.67. The third-order valence-corrected chi connectivity index (χ3v) is 2.17. The van der Waals surface area contributed by atoms with Crippen LogP contribution in [0.2, 0.25) is 0 Å². The summed E-state index contributed by atoms with van der Waals surface area (Å²) in [5.41, 5.74) is 0. The first-order valence-corrected chi connectivity index (χ1v) is 5.67. The lowest BCUT2D eigenvalue weighted by Crippen LogP contribution is -1.81. The molecule has 0 unspecified atom stereocenters. The Morgan fingerprint density at radius 3 is 2.00 bits per heavy atom. The molecule has 0 rings (SSSR count). The predicted octanol–water partition coefficient (Wildman–Crippen LogP) is 3.68. The molecule has 0 spiro atoms. The highest BCUT2D eigenvalue weighted by Crippen LogP contribution is 2.03. The van der Waals surface area contributed by atoms with E-state index in [9.17, 15) is 0 Å². The average Bonchev–Trinajstić information content (AvgIpc) is 2.16. The minimum atomic E-state index is 0.347. The van der Waals surface area contributed by atoms with Crippen LogP contribution in [-0.4, -0.2) is 11.7 Å². The minimum Gasteiger partial charge on any atom is -0.396 e. The van der Waals surface area contributed by atoms with Gasteiger partial charge in [0.25, 0.3) is 0 Å². The molecule has 0 aliphatic rings. The van der Waals surface area contributed by atoms with Crippen LogP contribution in [0.3, 0.4) is 0 Å². The highest BCUT2D eigenvalue weighted by molar-refractivity contribution is 4.81. The normalized spacial score (nSPS) is 11.2. The van der Waals surface area contributed by atoms with E-state index in [0.717, 1.165) is 12.8 Å². The SMILES string of the molecule is CCCCCC=CCCCCCO. The molecule has 0 saturated heterocycles. The van der Waals surface area contributed by atoms with E-state index in [1.165, 1.54) is 38.5 Å². The Morgan fingerprint density at radius 2 is 1.46 bits per heavy atom. The number of unbranched alkanes of at least 4 members (excludes halogenated alkanes) is 6. The zero-order chi connectivity index (χ0) is 9.78. The monoisotopic (exact) mass is 184 g/mol. The largest absolute Gasteiger partial charge is 0.396 e. The van der Waals surface area contributed by atoms with Crippen molar-refractivity contribution in [1.29, 1.82) is 0 Å². The van der Waals surface area contributed by atoms with Crippen molar-refractivity contribution in [2.24, 2.45) is 0 Å². The van der Waals surface area contributed by atoms with Crippen LogP contribution in [0.15, 0.2) is 12.2 Å². The summed E-state index contributed by atoms with van der Waals surface area (Å²) in [5, 5.41) is 8.55. The van der Waals surface area contributed by atoms with Crippen molar-refractivity contribution in [1.82, 2.24) is 0 Å². The molecule has 0 aromatic carbocycles. The quantitative estimate of drug-likeness (QED) is 0.428. The van der Waals surface area contributed by atoms with Crippen LogP contribution in [0.5, 0.6) is 0 Å². The Labute approximate surface area is 82.9 Å². The maximum Gasteiger partial charge on any atom is 0.0431 e. The van der Waals surface area contributed by atoms with E-state index in [0.29, 0.717) is 6.61 Å². The molecule has 78 valence electrons. The Hall–Kier alpha value is -0.300. The van der Waals surface area contributed by atoms with Gasteiger partial charge in [0.05, 0.1) is 0 Å². The average molecular weight is 184 g/mol. The lowest BCUT2D eigenvalue weighted by Gasteiger charge is -1.94. The first kappa shape index (κ1) is 12.7. The third kappa shape index (κ3) is 11.7. The van der Waals surface area contributed by atoms with E-state index in [2.05, 4.69) is 19.1 Å². The molecule has 0 aliphatic heterocycles. The summed E-state index contributed by atoms with van der Waals surface area (Å²) < 4.78 is 0. The highest BCUT2D eigenvalue weighted by Gasteiger charge is 1.85. The second-order valence-corrected chi connectivity index (χ2v) is 3.54. The summed E-state index contributed by atoms with van der Waals surface area (Å²) >= 11 is 0. The van der Waals surface area contributed by atoms with Crippen molar-refractivity contribution in [3.63, 3.8) is 0 Å². The second kappa shape index (κ2) is 11.7.